The zero-order valence-electron chi connectivity index (χ0n) is 13.1. The highest BCUT2D eigenvalue weighted by Gasteiger charge is 2.26. The molecule has 0 aromatic carbocycles. The van der Waals surface area contributed by atoms with Crippen molar-refractivity contribution in [2.24, 2.45) is 0 Å². The molecule has 0 bridgehead atoms. The lowest BCUT2D eigenvalue weighted by molar-refractivity contribution is -0.131. The number of likely N-dealkylation sites (tertiary alicyclic amines) is 1. The smallest absolute Gasteiger partial charge is 0.245 e. The Morgan fingerprint density at radius 2 is 1.95 bits per heavy atom. The van der Waals surface area contributed by atoms with Crippen molar-refractivity contribution >= 4 is 23.6 Å². The Kier molecular flexibility index (Phi) is 5.85. The molecule has 0 radical (unpaired) electrons. The van der Waals surface area contributed by atoms with E-state index in [1.807, 2.05) is 24.8 Å². The summed E-state index contributed by atoms with van der Waals surface area (Å²) >= 11 is 1.76. The second-order valence-electron chi connectivity index (χ2n) is 5.49. The molecule has 1 aliphatic rings. The molecular formula is C15H24N4OS. The minimum absolute atomic E-state index is 0.185. The largest absolute Gasteiger partial charge is 0.342 e. The fourth-order valence-corrected chi connectivity index (χ4v) is 3.07. The number of carbonyl (C=O) groups excluding carboxylic acids is 1. The number of rotatable bonds is 6. The van der Waals surface area contributed by atoms with Crippen LogP contribution in [0.1, 0.15) is 30.7 Å². The van der Waals surface area contributed by atoms with Gasteiger partial charge in [0.1, 0.15) is 6.04 Å². The molecule has 1 atom stereocenters. The van der Waals surface area contributed by atoms with Gasteiger partial charge in [-0.3, -0.25) is 4.79 Å². The summed E-state index contributed by atoms with van der Waals surface area (Å²) in [5.41, 5.74) is 1.84. The third-order valence-electron chi connectivity index (χ3n) is 3.61. The van der Waals surface area contributed by atoms with Crippen molar-refractivity contribution in [1.82, 2.24) is 14.9 Å². The van der Waals surface area contributed by atoms with Gasteiger partial charge in [-0.2, -0.15) is 11.8 Å². The van der Waals surface area contributed by atoms with Crippen LogP contribution in [-0.2, 0) is 4.79 Å². The molecule has 1 N–H and O–H groups in total. The first-order valence-corrected chi connectivity index (χ1v) is 8.86. The van der Waals surface area contributed by atoms with Crippen LogP contribution in [0.3, 0.4) is 0 Å². The van der Waals surface area contributed by atoms with E-state index in [1.54, 1.807) is 11.8 Å². The summed E-state index contributed by atoms with van der Waals surface area (Å²) in [4.78, 5) is 23.4. The van der Waals surface area contributed by atoms with Crippen LogP contribution in [0.15, 0.2) is 6.07 Å². The normalized spacial score (nSPS) is 16.0. The van der Waals surface area contributed by atoms with E-state index >= 15 is 0 Å². The zero-order chi connectivity index (χ0) is 15.2. The van der Waals surface area contributed by atoms with Gasteiger partial charge in [0.15, 0.2) is 0 Å². The van der Waals surface area contributed by atoms with E-state index in [1.165, 1.54) is 0 Å². The number of thioether (sulfide) groups is 1. The van der Waals surface area contributed by atoms with Gasteiger partial charge in [0.25, 0.3) is 0 Å². The molecule has 116 valence electrons. The second-order valence-corrected chi connectivity index (χ2v) is 6.47. The highest BCUT2D eigenvalue weighted by Crippen LogP contribution is 2.15. The number of hydrogen-bond acceptors (Lipinski definition) is 5. The fraction of sp³-hybridized carbons (Fsp3) is 0.667. The number of anilines is 1. The molecule has 1 saturated heterocycles. The van der Waals surface area contributed by atoms with Crippen LogP contribution >= 0.6 is 11.8 Å². The highest BCUT2D eigenvalue weighted by atomic mass is 32.2. The number of nitrogens with zero attached hydrogens (tertiary/aromatic N) is 3. The Morgan fingerprint density at radius 3 is 2.52 bits per heavy atom. The molecule has 5 nitrogen and oxygen atoms in total. The predicted molar refractivity (Wildman–Crippen MR) is 87.7 cm³/mol. The first kappa shape index (κ1) is 16.1. The van der Waals surface area contributed by atoms with Gasteiger partial charge in [-0.05, 0) is 51.2 Å². The standard InChI is InChI=1S/C15H24N4OS/c1-11-10-12(2)17-15(16-11)18-13(6-9-21-3)14(20)19-7-4-5-8-19/h10,13H,4-9H2,1-3H3,(H,16,17,18)/t13-/m1/s1. The summed E-state index contributed by atoms with van der Waals surface area (Å²) < 4.78 is 0. The summed E-state index contributed by atoms with van der Waals surface area (Å²) in [6.45, 7) is 5.64. The van der Waals surface area contributed by atoms with E-state index in [0.29, 0.717) is 5.95 Å². The fourth-order valence-electron chi connectivity index (χ4n) is 2.60. The molecule has 6 heteroatoms. The molecule has 2 heterocycles. The maximum Gasteiger partial charge on any atom is 0.245 e. The van der Waals surface area contributed by atoms with Crippen molar-refractivity contribution in [3.63, 3.8) is 0 Å². The minimum Gasteiger partial charge on any atom is -0.342 e. The monoisotopic (exact) mass is 308 g/mol. The molecule has 1 aromatic rings. The van der Waals surface area contributed by atoms with Crippen molar-refractivity contribution in [3.8, 4) is 0 Å². The molecule has 0 saturated carbocycles. The van der Waals surface area contributed by atoms with E-state index in [2.05, 4.69) is 21.5 Å². The van der Waals surface area contributed by atoms with Crippen molar-refractivity contribution < 1.29 is 4.79 Å². The molecule has 1 aliphatic heterocycles. The van der Waals surface area contributed by atoms with Gasteiger partial charge in [0, 0.05) is 24.5 Å². The van der Waals surface area contributed by atoms with E-state index in [9.17, 15) is 4.79 Å². The third-order valence-corrected chi connectivity index (χ3v) is 4.26. The molecule has 2 rings (SSSR count). The van der Waals surface area contributed by atoms with Crippen molar-refractivity contribution in [3.05, 3.63) is 17.5 Å². The third kappa shape index (κ3) is 4.59. The van der Waals surface area contributed by atoms with Crippen molar-refractivity contribution in [1.29, 1.82) is 0 Å². The Hall–Kier alpha value is -1.30. The van der Waals surface area contributed by atoms with Gasteiger partial charge in [0.2, 0.25) is 11.9 Å². The first-order valence-electron chi connectivity index (χ1n) is 7.46. The summed E-state index contributed by atoms with van der Waals surface area (Å²) in [5, 5.41) is 3.25. The number of hydrogen-bond donors (Lipinski definition) is 1. The lowest BCUT2D eigenvalue weighted by Crippen LogP contribution is -2.42. The molecule has 0 spiro atoms. The molecular weight excluding hydrogens is 284 g/mol. The number of aromatic nitrogens is 2. The Bertz CT molecular complexity index is 468. The van der Waals surface area contributed by atoms with Crippen LogP contribution in [-0.4, -0.2) is 51.9 Å². The van der Waals surface area contributed by atoms with Crippen LogP contribution in [0, 0.1) is 13.8 Å². The molecule has 1 aromatic heterocycles. The average molecular weight is 308 g/mol. The maximum atomic E-state index is 12.6. The number of nitrogens with one attached hydrogen (secondary N) is 1. The summed E-state index contributed by atoms with van der Waals surface area (Å²) in [6.07, 6.45) is 5.08. The van der Waals surface area contributed by atoms with Crippen LogP contribution in [0.2, 0.25) is 0 Å². The average Bonchev–Trinajstić information content (AvgIpc) is 2.95. The lowest BCUT2D eigenvalue weighted by Gasteiger charge is -2.24. The van der Waals surface area contributed by atoms with Crippen molar-refractivity contribution in [2.75, 3.05) is 30.4 Å². The SMILES string of the molecule is CSCC[C@@H](Nc1nc(C)cc(C)n1)C(=O)N1CCCC1. The lowest BCUT2D eigenvalue weighted by atomic mass is 10.2. The van der Waals surface area contributed by atoms with E-state index < -0.39 is 0 Å². The van der Waals surface area contributed by atoms with Gasteiger partial charge in [-0.15, -0.1) is 0 Å². The van der Waals surface area contributed by atoms with Gasteiger partial charge in [-0.1, -0.05) is 0 Å². The van der Waals surface area contributed by atoms with Gasteiger partial charge < -0.3 is 10.2 Å². The Morgan fingerprint density at radius 1 is 1.33 bits per heavy atom. The second kappa shape index (κ2) is 7.64. The van der Waals surface area contributed by atoms with Gasteiger partial charge >= 0.3 is 0 Å². The van der Waals surface area contributed by atoms with Crippen LogP contribution in [0.25, 0.3) is 0 Å². The number of aryl methyl sites for hydroxylation is 2. The first-order chi connectivity index (χ1) is 10.1. The molecule has 0 unspecified atom stereocenters. The van der Waals surface area contributed by atoms with Crippen LogP contribution in [0.4, 0.5) is 5.95 Å². The molecule has 21 heavy (non-hydrogen) atoms. The molecule has 1 amide bonds. The van der Waals surface area contributed by atoms with Crippen LogP contribution < -0.4 is 5.32 Å². The summed E-state index contributed by atoms with van der Waals surface area (Å²) in [5.74, 6) is 1.69. The van der Waals surface area contributed by atoms with Crippen molar-refractivity contribution in [2.45, 2.75) is 39.2 Å². The van der Waals surface area contributed by atoms with Crippen LogP contribution in [0.5, 0.6) is 0 Å². The van der Waals surface area contributed by atoms with E-state index in [4.69, 9.17) is 0 Å². The Balaban J connectivity index is 2.09. The minimum atomic E-state index is -0.225. The van der Waals surface area contributed by atoms with Gasteiger partial charge in [-0.25, -0.2) is 9.97 Å². The molecule has 1 fully saturated rings. The topological polar surface area (TPSA) is 58.1 Å². The number of amides is 1. The predicted octanol–water partition coefficient (Wildman–Crippen LogP) is 2.25. The Labute approximate surface area is 130 Å². The number of carbonyl (C=O) groups is 1. The summed E-state index contributed by atoms with van der Waals surface area (Å²) in [7, 11) is 0. The zero-order valence-corrected chi connectivity index (χ0v) is 13.9. The van der Waals surface area contributed by atoms with Gasteiger partial charge in [0.05, 0.1) is 0 Å². The molecule has 0 aliphatic carbocycles. The van der Waals surface area contributed by atoms with E-state index in [-0.39, 0.29) is 11.9 Å². The summed E-state index contributed by atoms with van der Waals surface area (Å²) in [6, 6.07) is 1.71. The quantitative estimate of drug-likeness (QED) is 0.873. The van der Waals surface area contributed by atoms with E-state index in [0.717, 1.165) is 49.5 Å². The highest BCUT2D eigenvalue weighted by molar-refractivity contribution is 7.98. The maximum absolute atomic E-state index is 12.6.